The van der Waals surface area contributed by atoms with Crippen LogP contribution in [0.25, 0.3) is 0 Å². The van der Waals surface area contributed by atoms with Crippen molar-refractivity contribution in [3.05, 3.63) is 17.8 Å². The zero-order chi connectivity index (χ0) is 27.1. The number of nitrogens with zero attached hydrogens (tertiary/aromatic N) is 4. The lowest BCUT2D eigenvalue weighted by Crippen LogP contribution is -2.54. The van der Waals surface area contributed by atoms with Crippen LogP contribution >= 0.6 is 0 Å². The smallest absolute Gasteiger partial charge is 0.379 e. The van der Waals surface area contributed by atoms with Gasteiger partial charge in [-0.15, -0.1) is 5.10 Å². The number of halogens is 5. The zero-order valence-electron chi connectivity index (χ0n) is 21.3. The van der Waals surface area contributed by atoms with Gasteiger partial charge in [0.2, 0.25) is 12.3 Å². The van der Waals surface area contributed by atoms with E-state index in [-0.39, 0.29) is 68.6 Å². The molecule has 1 aromatic heterocycles. The number of methoxy groups -OCH3 is 1. The predicted molar refractivity (Wildman–Crippen MR) is 122 cm³/mol. The van der Waals surface area contributed by atoms with E-state index in [1.807, 2.05) is 0 Å². The highest BCUT2D eigenvalue weighted by Gasteiger charge is 2.54. The topological polar surface area (TPSA) is 79.8 Å². The molecule has 0 radical (unpaired) electrons. The summed E-state index contributed by atoms with van der Waals surface area (Å²) in [4.78, 5) is 17.2. The first kappa shape index (κ1) is 25.2. The van der Waals surface area contributed by atoms with E-state index >= 15 is 0 Å². The molecule has 4 fully saturated rings. The van der Waals surface area contributed by atoms with Gasteiger partial charge in [0, 0.05) is 45.3 Å². The van der Waals surface area contributed by atoms with Gasteiger partial charge in [-0.2, -0.15) is 18.3 Å². The summed E-state index contributed by atoms with van der Waals surface area (Å²) in [6.07, 6.45) is -4.95. The van der Waals surface area contributed by atoms with Crippen LogP contribution in [-0.4, -0.2) is 91.1 Å². The summed E-state index contributed by atoms with van der Waals surface area (Å²) in [6, 6.07) is 0.205. The Kier molecular flexibility index (Phi) is 6.95. The average molecular weight is 535 g/mol. The van der Waals surface area contributed by atoms with Gasteiger partial charge in [-0.1, -0.05) is 0 Å². The van der Waals surface area contributed by atoms with E-state index < -0.39 is 30.0 Å². The Balaban J connectivity index is 1.26. The van der Waals surface area contributed by atoms with Gasteiger partial charge in [-0.05, 0) is 38.2 Å². The molecular formula is C24H32F5N5O3. The second-order valence-corrected chi connectivity index (χ2v) is 10.6. The van der Waals surface area contributed by atoms with Crippen LogP contribution in [0.15, 0.2) is 12.3 Å². The second kappa shape index (κ2) is 10.2. The van der Waals surface area contributed by atoms with Crippen molar-refractivity contribution in [1.29, 1.82) is 0 Å². The first-order valence-corrected chi connectivity index (χ1v) is 12.6. The molecule has 1 N–H and O–H groups in total. The molecular weight excluding hydrogens is 501 g/mol. The van der Waals surface area contributed by atoms with E-state index in [4.69, 9.17) is 10.8 Å². The molecule has 2 bridgehead atoms. The van der Waals surface area contributed by atoms with E-state index in [9.17, 15) is 26.7 Å². The van der Waals surface area contributed by atoms with Crippen molar-refractivity contribution in [3.8, 4) is 0 Å². The molecule has 0 spiro atoms. The quantitative estimate of drug-likeness (QED) is 0.539. The fourth-order valence-electron chi connectivity index (χ4n) is 6.55. The van der Waals surface area contributed by atoms with Gasteiger partial charge in [0.25, 0.3) is 0 Å². The number of hydrogen-bond acceptors (Lipinski definition) is 7. The van der Waals surface area contributed by atoms with E-state index in [0.717, 1.165) is 6.07 Å². The van der Waals surface area contributed by atoms with Gasteiger partial charge in [-0.25, -0.2) is 8.78 Å². The highest BCUT2D eigenvalue weighted by atomic mass is 19.4. The SMILES string of the molecule is [2H]CO[C@@H]1COCC[C@@H]1N[C@@H]1CC[C@](CC(F)F)(C(=O)N2C[C@@H]3C[C@H]2CN3c2cc(C(F)(F)F)cnn2)C1. The number of anilines is 1. The normalized spacial score (nSPS) is 34.4. The molecule has 13 heteroatoms. The minimum Gasteiger partial charge on any atom is -0.379 e. The fourth-order valence-corrected chi connectivity index (χ4v) is 6.55. The fraction of sp³-hybridized carbons (Fsp3) is 0.792. The Morgan fingerprint density at radius 2 is 2.19 bits per heavy atom. The third-order valence-electron chi connectivity index (χ3n) is 8.34. The first-order chi connectivity index (χ1) is 18.1. The van der Waals surface area contributed by atoms with Crippen molar-refractivity contribution in [1.82, 2.24) is 20.4 Å². The molecule has 0 aromatic carbocycles. The summed E-state index contributed by atoms with van der Waals surface area (Å²) < 4.78 is 85.2. The second-order valence-electron chi connectivity index (χ2n) is 10.6. The number of rotatable bonds is 7. The van der Waals surface area contributed by atoms with E-state index in [2.05, 4.69) is 15.5 Å². The number of hydrogen-bond donors (Lipinski definition) is 1. The lowest BCUT2D eigenvalue weighted by molar-refractivity contribution is -0.146. The Morgan fingerprint density at radius 1 is 1.35 bits per heavy atom. The maximum Gasteiger partial charge on any atom is 0.418 e. The van der Waals surface area contributed by atoms with Crippen molar-refractivity contribution < 1.29 is 37.6 Å². The Hall–Kier alpha value is -2.12. The predicted octanol–water partition coefficient (Wildman–Crippen LogP) is 2.87. The van der Waals surface area contributed by atoms with Crippen molar-refractivity contribution in [2.24, 2.45) is 5.41 Å². The van der Waals surface area contributed by atoms with Crippen LogP contribution in [0.5, 0.6) is 0 Å². The van der Waals surface area contributed by atoms with Crippen LogP contribution in [0.4, 0.5) is 27.8 Å². The third-order valence-corrected chi connectivity index (χ3v) is 8.34. The van der Waals surface area contributed by atoms with Crippen LogP contribution in [0.1, 0.15) is 45.5 Å². The van der Waals surface area contributed by atoms with E-state index in [1.165, 1.54) is 0 Å². The van der Waals surface area contributed by atoms with Crippen molar-refractivity contribution >= 4 is 11.7 Å². The van der Waals surface area contributed by atoms with Crippen LogP contribution in [0, 0.1) is 5.41 Å². The molecule has 1 aromatic rings. The number of carbonyl (C=O) groups is 1. The average Bonchev–Trinajstić information content (AvgIpc) is 3.59. The molecule has 206 valence electrons. The largest absolute Gasteiger partial charge is 0.418 e. The van der Waals surface area contributed by atoms with Crippen LogP contribution in [0.2, 0.25) is 0 Å². The highest BCUT2D eigenvalue weighted by molar-refractivity contribution is 5.84. The number of amides is 1. The molecule has 4 aliphatic rings. The summed E-state index contributed by atoms with van der Waals surface area (Å²) in [5.74, 6) is -0.192. The van der Waals surface area contributed by atoms with Gasteiger partial charge in [0.1, 0.15) is 0 Å². The maximum absolute atomic E-state index is 13.8. The van der Waals surface area contributed by atoms with Crippen molar-refractivity contribution in [2.75, 3.05) is 38.3 Å². The first-order valence-electron chi connectivity index (χ1n) is 13.3. The van der Waals surface area contributed by atoms with Gasteiger partial charge >= 0.3 is 6.18 Å². The Morgan fingerprint density at radius 3 is 2.89 bits per heavy atom. The summed E-state index contributed by atoms with van der Waals surface area (Å²) in [5.41, 5.74) is -2.09. The molecule has 6 atom stereocenters. The molecule has 4 heterocycles. The van der Waals surface area contributed by atoms with Crippen LogP contribution < -0.4 is 10.2 Å². The number of carbonyl (C=O) groups excluding carboxylic acids is 1. The maximum atomic E-state index is 13.8. The standard InChI is InChI=1S/C24H32F5N5O3/c1-36-19-13-37-5-3-18(19)31-15-2-4-23(8-15,9-20(25)26)22(35)34-12-16-7-17(34)11-33(16)21-6-14(10-30-32-21)24(27,28)29/h6,10,15-20,31H,2-5,7-9,11-13H2,1H3/t15-,16+,17+,18+,19-,23+/m1/s1/i1D. The summed E-state index contributed by atoms with van der Waals surface area (Å²) in [6.45, 7) is 1.43. The van der Waals surface area contributed by atoms with Crippen LogP contribution in [0.3, 0.4) is 0 Å². The lowest BCUT2D eigenvalue weighted by Gasteiger charge is -2.40. The number of aromatic nitrogens is 2. The zero-order valence-corrected chi connectivity index (χ0v) is 20.3. The number of likely N-dealkylation sites (tertiary alicyclic amines) is 1. The molecule has 3 saturated heterocycles. The Labute approximate surface area is 213 Å². The van der Waals surface area contributed by atoms with E-state index in [0.29, 0.717) is 45.1 Å². The summed E-state index contributed by atoms with van der Waals surface area (Å²) in [5, 5.41) is 10.9. The minimum absolute atomic E-state index is 0.0820. The molecule has 1 amide bonds. The minimum atomic E-state index is -4.54. The summed E-state index contributed by atoms with van der Waals surface area (Å²) >= 11 is 0. The monoisotopic (exact) mass is 534 g/mol. The van der Waals surface area contributed by atoms with Crippen molar-refractivity contribution in [3.63, 3.8) is 0 Å². The molecule has 8 nitrogen and oxygen atoms in total. The lowest BCUT2D eigenvalue weighted by atomic mass is 9.80. The molecule has 1 saturated carbocycles. The number of fused-ring (bicyclic) bond motifs is 2. The Bertz CT molecular complexity index is 1000. The van der Waals surface area contributed by atoms with Gasteiger partial charge in [0.15, 0.2) is 5.82 Å². The van der Waals surface area contributed by atoms with Gasteiger partial charge in [-0.3, -0.25) is 4.79 Å². The molecule has 1 aliphatic carbocycles. The number of alkyl halides is 5. The third kappa shape index (κ3) is 5.26. The van der Waals surface area contributed by atoms with E-state index in [1.54, 1.807) is 9.80 Å². The number of nitrogens with one attached hydrogen (secondary N) is 1. The molecule has 0 unspecified atom stereocenters. The number of ether oxygens (including phenoxy) is 2. The molecule has 3 aliphatic heterocycles. The highest BCUT2D eigenvalue weighted by Crippen LogP contribution is 2.47. The van der Waals surface area contributed by atoms with Crippen LogP contribution in [-0.2, 0) is 20.4 Å². The van der Waals surface area contributed by atoms with Gasteiger partial charge in [0.05, 0.1) is 43.3 Å². The molecule has 5 rings (SSSR count). The molecule has 37 heavy (non-hydrogen) atoms. The number of piperazine rings is 1. The summed E-state index contributed by atoms with van der Waals surface area (Å²) in [7, 11) is -0.203. The van der Waals surface area contributed by atoms with Crippen molar-refractivity contribution in [2.45, 2.75) is 81.4 Å². The van der Waals surface area contributed by atoms with Gasteiger partial charge < -0.3 is 24.6 Å².